The van der Waals surface area contributed by atoms with Gasteiger partial charge in [-0.1, -0.05) is 18.3 Å². The monoisotopic (exact) mass is 417 g/mol. The average molecular weight is 418 g/mol. The number of piperazine rings is 1. The second kappa shape index (κ2) is 7.62. The molecule has 0 unspecified atom stereocenters. The van der Waals surface area contributed by atoms with E-state index in [1.165, 1.54) is 23.5 Å². The summed E-state index contributed by atoms with van der Waals surface area (Å²) < 4.78 is 20.4. The summed E-state index contributed by atoms with van der Waals surface area (Å²) in [5.74, 6) is -0.267. The number of hydrogen-bond acceptors (Lipinski definition) is 6. The first-order chi connectivity index (χ1) is 13.8. The number of nitrogens with zero attached hydrogens (tertiary/aromatic N) is 5. The lowest BCUT2D eigenvalue weighted by Gasteiger charge is -2.35. The van der Waals surface area contributed by atoms with Crippen LogP contribution in [0.25, 0.3) is 16.2 Å². The highest BCUT2D eigenvalue weighted by atomic mass is 32.1. The van der Waals surface area contributed by atoms with Gasteiger partial charge in [-0.2, -0.15) is 0 Å². The van der Waals surface area contributed by atoms with Gasteiger partial charge in [0.2, 0.25) is 10.1 Å². The van der Waals surface area contributed by atoms with E-state index in [4.69, 9.17) is 4.74 Å². The maximum atomic E-state index is 13.1. The largest absolute Gasteiger partial charge is 0.443 e. The molecule has 4 rings (SSSR count). The lowest BCUT2D eigenvalue weighted by Crippen LogP contribution is -2.50. The average Bonchev–Trinajstić information content (AvgIpc) is 3.28. The molecule has 0 aliphatic carbocycles. The van der Waals surface area contributed by atoms with Crippen molar-refractivity contribution < 1.29 is 13.9 Å². The quantitative estimate of drug-likeness (QED) is 0.641. The number of anilines is 1. The van der Waals surface area contributed by atoms with Crippen molar-refractivity contribution in [2.45, 2.75) is 32.8 Å². The Kier molecular flexibility index (Phi) is 5.16. The van der Waals surface area contributed by atoms with Gasteiger partial charge in [0.15, 0.2) is 0 Å². The summed E-state index contributed by atoms with van der Waals surface area (Å²) in [7, 11) is 0. The van der Waals surface area contributed by atoms with E-state index in [2.05, 4.69) is 15.0 Å². The Morgan fingerprint density at radius 1 is 1.21 bits per heavy atom. The smallest absolute Gasteiger partial charge is 0.410 e. The third kappa shape index (κ3) is 4.19. The van der Waals surface area contributed by atoms with Gasteiger partial charge < -0.3 is 14.5 Å². The van der Waals surface area contributed by atoms with E-state index in [0.29, 0.717) is 26.2 Å². The third-order valence-electron chi connectivity index (χ3n) is 5.20. The Labute approximate surface area is 172 Å². The first kappa shape index (κ1) is 19.6. The highest BCUT2D eigenvalue weighted by Gasteiger charge is 2.28. The maximum absolute atomic E-state index is 13.1. The molecule has 3 aromatic rings. The van der Waals surface area contributed by atoms with Gasteiger partial charge >= 0.3 is 6.09 Å². The second-order valence-corrected chi connectivity index (χ2v) is 8.63. The highest BCUT2D eigenvalue weighted by molar-refractivity contribution is 7.20. The van der Waals surface area contributed by atoms with E-state index >= 15 is 0 Å². The van der Waals surface area contributed by atoms with Crippen molar-refractivity contribution in [2.75, 3.05) is 31.1 Å². The first-order valence-electron chi connectivity index (χ1n) is 9.70. The standard InChI is InChI=1S/C20H24FN5O2S/c1-4-20(2,3)28-19(27)25-11-9-24(10-12-25)18-23-26-13-16(22-17(26)29-18)14-5-7-15(21)8-6-14/h5-8,13H,4,9-12H2,1-3H3. The SMILES string of the molecule is CCC(C)(C)OC(=O)N1CCN(c2nn3cc(-c4ccc(F)cc4)nc3s2)CC1. The molecular weight excluding hydrogens is 393 g/mol. The summed E-state index contributed by atoms with van der Waals surface area (Å²) in [5.41, 5.74) is 1.17. The molecule has 29 heavy (non-hydrogen) atoms. The zero-order valence-electron chi connectivity index (χ0n) is 16.8. The number of hydrogen-bond donors (Lipinski definition) is 0. The Balaban J connectivity index is 1.40. The predicted octanol–water partition coefficient (Wildman–Crippen LogP) is 4.04. The minimum atomic E-state index is -0.447. The molecule has 1 saturated heterocycles. The summed E-state index contributed by atoms with van der Waals surface area (Å²) in [4.78, 5) is 21.6. The van der Waals surface area contributed by atoms with Crippen LogP contribution in [0.2, 0.25) is 0 Å². The van der Waals surface area contributed by atoms with Gasteiger partial charge in [-0.3, -0.25) is 0 Å². The molecular formula is C20H24FN5O2S. The van der Waals surface area contributed by atoms with E-state index in [1.807, 2.05) is 27.0 Å². The lowest BCUT2D eigenvalue weighted by atomic mass is 10.1. The Bertz CT molecular complexity index is 974. The van der Waals surface area contributed by atoms with Crippen molar-refractivity contribution in [3.8, 4) is 11.3 Å². The van der Waals surface area contributed by atoms with Gasteiger partial charge in [0.1, 0.15) is 11.4 Å². The highest BCUT2D eigenvalue weighted by Crippen LogP contribution is 2.27. The molecule has 0 N–H and O–H groups in total. The van der Waals surface area contributed by atoms with Crippen LogP contribution < -0.4 is 4.90 Å². The molecule has 0 radical (unpaired) electrons. The van der Waals surface area contributed by atoms with Crippen LogP contribution in [0.1, 0.15) is 27.2 Å². The molecule has 1 aromatic carbocycles. The molecule has 1 fully saturated rings. The van der Waals surface area contributed by atoms with Gasteiger partial charge in [0.05, 0.1) is 11.9 Å². The Morgan fingerprint density at radius 2 is 1.90 bits per heavy atom. The van der Waals surface area contributed by atoms with Crippen LogP contribution >= 0.6 is 11.3 Å². The summed E-state index contributed by atoms with van der Waals surface area (Å²) in [6.45, 7) is 8.44. The van der Waals surface area contributed by atoms with Crippen LogP contribution in [0, 0.1) is 5.82 Å². The van der Waals surface area contributed by atoms with E-state index in [1.54, 1.807) is 21.5 Å². The minimum absolute atomic E-state index is 0.255. The zero-order valence-corrected chi connectivity index (χ0v) is 17.6. The van der Waals surface area contributed by atoms with Crippen molar-refractivity contribution in [3.63, 3.8) is 0 Å². The number of rotatable bonds is 4. The van der Waals surface area contributed by atoms with E-state index in [9.17, 15) is 9.18 Å². The normalized spacial score (nSPS) is 15.2. The summed E-state index contributed by atoms with van der Waals surface area (Å²) in [6, 6.07) is 6.27. The van der Waals surface area contributed by atoms with Gasteiger partial charge in [-0.25, -0.2) is 18.7 Å². The number of amides is 1. The van der Waals surface area contributed by atoms with E-state index < -0.39 is 5.60 Å². The number of aromatic nitrogens is 3. The summed E-state index contributed by atoms with van der Waals surface area (Å²) >= 11 is 1.50. The third-order valence-corrected chi connectivity index (χ3v) is 6.18. The number of carbonyl (C=O) groups excluding carboxylic acids is 1. The van der Waals surface area contributed by atoms with Crippen molar-refractivity contribution in [3.05, 3.63) is 36.3 Å². The van der Waals surface area contributed by atoms with Crippen LogP contribution in [-0.4, -0.2) is 57.4 Å². The van der Waals surface area contributed by atoms with Gasteiger partial charge in [-0.15, -0.1) is 5.10 Å². The van der Waals surface area contributed by atoms with Crippen LogP contribution in [0.4, 0.5) is 14.3 Å². The number of halogens is 1. The number of fused-ring (bicyclic) bond motifs is 1. The fourth-order valence-electron chi connectivity index (χ4n) is 3.03. The van der Waals surface area contributed by atoms with E-state index in [-0.39, 0.29) is 11.9 Å². The van der Waals surface area contributed by atoms with Gasteiger partial charge in [-0.05, 0) is 44.5 Å². The topological polar surface area (TPSA) is 63.0 Å². The fourth-order valence-corrected chi connectivity index (χ4v) is 3.97. The minimum Gasteiger partial charge on any atom is -0.443 e. The predicted molar refractivity (Wildman–Crippen MR) is 111 cm³/mol. The molecule has 1 amide bonds. The van der Waals surface area contributed by atoms with Gasteiger partial charge in [0, 0.05) is 31.7 Å². The van der Waals surface area contributed by atoms with Crippen molar-refractivity contribution in [1.29, 1.82) is 0 Å². The molecule has 3 heterocycles. The maximum Gasteiger partial charge on any atom is 0.410 e. The lowest BCUT2D eigenvalue weighted by molar-refractivity contribution is 0.0106. The second-order valence-electron chi connectivity index (χ2n) is 7.70. The molecule has 1 aliphatic heterocycles. The molecule has 0 saturated carbocycles. The Hall–Kier alpha value is -2.68. The molecule has 2 aromatic heterocycles. The van der Waals surface area contributed by atoms with Crippen molar-refractivity contribution in [2.24, 2.45) is 0 Å². The van der Waals surface area contributed by atoms with Gasteiger partial charge in [0.25, 0.3) is 0 Å². The van der Waals surface area contributed by atoms with E-state index in [0.717, 1.165) is 27.8 Å². The summed E-state index contributed by atoms with van der Waals surface area (Å²) in [5, 5.41) is 5.51. The fraction of sp³-hybridized carbons (Fsp3) is 0.450. The molecule has 1 aliphatic rings. The molecule has 154 valence electrons. The molecule has 7 nitrogen and oxygen atoms in total. The van der Waals surface area contributed by atoms with Crippen LogP contribution in [0.3, 0.4) is 0 Å². The molecule has 0 atom stereocenters. The Morgan fingerprint density at radius 3 is 2.52 bits per heavy atom. The zero-order chi connectivity index (χ0) is 20.6. The first-order valence-corrected chi connectivity index (χ1v) is 10.5. The molecule has 0 spiro atoms. The number of benzene rings is 1. The van der Waals surface area contributed by atoms with Crippen LogP contribution in [0.5, 0.6) is 0 Å². The summed E-state index contributed by atoms with van der Waals surface area (Å²) in [6.07, 6.45) is 2.37. The van der Waals surface area contributed by atoms with Crippen LogP contribution in [-0.2, 0) is 4.74 Å². The molecule has 9 heteroatoms. The van der Waals surface area contributed by atoms with Crippen molar-refractivity contribution >= 4 is 27.5 Å². The number of carbonyl (C=O) groups is 1. The van der Waals surface area contributed by atoms with Crippen LogP contribution in [0.15, 0.2) is 30.5 Å². The van der Waals surface area contributed by atoms with Crippen molar-refractivity contribution in [1.82, 2.24) is 19.5 Å². The number of imidazole rings is 1. The molecule has 0 bridgehead atoms. The number of ether oxygens (including phenoxy) is 1.